The zero-order chi connectivity index (χ0) is 9.80. The number of rotatable bonds is 1. The summed E-state index contributed by atoms with van der Waals surface area (Å²) in [6.45, 7) is 3.54. The van der Waals surface area contributed by atoms with Crippen molar-refractivity contribution in [2.45, 2.75) is 12.8 Å². The Bertz CT molecular complexity index is 234. The van der Waals surface area contributed by atoms with Gasteiger partial charge in [0.25, 0.3) is 0 Å². The quantitative estimate of drug-likeness (QED) is 0.606. The highest BCUT2D eigenvalue weighted by atomic mass is 16.5. The van der Waals surface area contributed by atoms with Gasteiger partial charge in [0.15, 0.2) is 0 Å². The molecule has 1 fully saturated rings. The summed E-state index contributed by atoms with van der Waals surface area (Å²) in [7, 11) is 0. The fourth-order valence-electron chi connectivity index (χ4n) is 1.90. The van der Waals surface area contributed by atoms with E-state index in [4.69, 9.17) is 4.74 Å². The third-order valence-corrected chi connectivity index (χ3v) is 2.77. The van der Waals surface area contributed by atoms with Crippen LogP contribution in [0.15, 0.2) is 4.99 Å². The average molecular weight is 196 g/mol. The fourth-order valence-corrected chi connectivity index (χ4v) is 1.90. The van der Waals surface area contributed by atoms with Crippen LogP contribution in [0.25, 0.3) is 0 Å². The largest absolute Gasteiger partial charge is 0.378 e. The SMILES string of the molecule is O=C(C1CCC=NC1)N1CCOCC1. The minimum Gasteiger partial charge on any atom is -0.378 e. The Kier molecular flexibility index (Phi) is 3.14. The van der Waals surface area contributed by atoms with Gasteiger partial charge in [-0.2, -0.15) is 0 Å². The van der Waals surface area contributed by atoms with Gasteiger partial charge in [-0.1, -0.05) is 0 Å². The Hall–Kier alpha value is -0.900. The Morgan fingerprint density at radius 1 is 1.43 bits per heavy atom. The van der Waals surface area contributed by atoms with Crippen LogP contribution in [0, 0.1) is 5.92 Å². The number of ether oxygens (including phenoxy) is 1. The third kappa shape index (κ3) is 2.12. The normalized spacial score (nSPS) is 27.7. The lowest BCUT2D eigenvalue weighted by Crippen LogP contribution is -2.44. The van der Waals surface area contributed by atoms with Crippen LogP contribution in [-0.4, -0.2) is 49.9 Å². The van der Waals surface area contributed by atoms with Crippen molar-refractivity contribution >= 4 is 12.1 Å². The highest BCUT2D eigenvalue weighted by molar-refractivity contribution is 5.80. The molecule has 78 valence electrons. The van der Waals surface area contributed by atoms with Crippen molar-refractivity contribution in [3.8, 4) is 0 Å². The van der Waals surface area contributed by atoms with E-state index in [-0.39, 0.29) is 11.8 Å². The number of aliphatic imine (C=N–C) groups is 1. The fraction of sp³-hybridized carbons (Fsp3) is 0.800. The van der Waals surface area contributed by atoms with Gasteiger partial charge in [0.1, 0.15) is 0 Å². The Labute approximate surface area is 83.9 Å². The van der Waals surface area contributed by atoms with Gasteiger partial charge in [0.05, 0.1) is 25.7 Å². The van der Waals surface area contributed by atoms with E-state index >= 15 is 0 Å². The van der Waals surface area contributed by atoms with E-state index in [2.05, 4.69) is 4.99 Å². The molecule has 4 nitrogen and oxygen atoms in total. The zero-order valence-corrected chi connectivity index (χ0v) is 8.32. The van der Waals surface area contributed by atoms with Gasteiger partial charge in [-0.25, -0.2) is 0 Å². The summed E-state index contributed by atoms with van der Waals surface area (Å²) in [4.78, 5) is 18.0. The van der Waals surface area contributed by atoms with Gasteiger partial charge in [0, 0.05) is 13.1 Å². The van der Waals surface area contributed by atoms with E-state index in [1.807, 2.05) is 11.1 Å². The molecule has 2 aliphatic rings. The van der Waals surface area contributed by atoms with E-state index in [0.717, 1.165) is 25.9 Å². The number of hydrogen-bond donors (Lipinski definition) is 0. The van der Waals surface area contributed by atoms with E-state index in [1.165, 1.54) is 0 Å². The molecule has 2 aliphatic heterocycles. The predicted molar refractivity (Wildman–Crippen MR) is 53.5 cm³/mol. The van der Waals surface area contributed by atoms with E-state index in [1.54, 1.807) is 0 Å². The van der Waals surface area contributed by atoms with Crippen LogP contribution in [-0.2, 0) is 9.53 Å². The van der Waals surface area contributed by atoms with Crippen molar-refractivity contribution < 1.29 is 9.53 Å². The molecule has 1 unspecified atom stereocenters. The molecule has 0 N–H and O–H groups in total. The van der Waals surface area contributed by atoms with Crippen molar-refractivity contribution in [3.63, 3.8) is 0 Å². The highest BCUT2D eigenvalue weighted by Crippen LogP contribution is 2.15. The van der Waals surface area contributed by atoms with Crippen LogP contribution in [0.5, 0.6) is 0 Å². The number of amides is 1. The molecule has 0 aliphatic carbocycles. The summed E-state index contributed by atoms with van der Waals surface area (Å²) in [5.74, 6) is 0.392. The molecule has 1 amide bonds. The van der Waals surface area contributed by atoms with E-state index in [9.17, 15) is 4.79 Å². The molecule has 14 heavy (non-hydrogen) atoms. The van der Waals surface area contributed by atoms with Crippen molar-refractivity contribution in [1.29, 1.82) is 0 Å². The smallest absolute Gasteiger partial charge is 0.227 e. The molecule has 2 rings (SSSR count). The molecule has 0 aromatic heterocycles. The maximum absolute atomic E-state index is 11.9. The monoisotopic (exact) mass is 196 g/mol. The first-order valence-electron chi connectivity index (χ1n) is 5.23. The number of nitrogens with zero attached hydrogens (tertiary/aromatic N) is 2. The lowest BCUT2D eigenvalue weighted by atomic mass is 10.00. The number of hydrogen-bond acceptors (Lipinski definition) is 3. The predicted octanol–water partition coefficient (Wildman–Crippen LogP) is 0.326. The minimum absolute atomic E-state index is 0.123. The molecular formula is C10H16N2O2. The maximum Gasteiger partial charge on any atom is 0.227 e. The second-order valence-electron chi connectivity index (χ2n) is 3.76. The number of carbonyl (C=O) groups excluding carboxylic acids is 1. The summed E-state index contributed by atoms with van der Waals surface area (Å²) in [6.07, 6.45) is 3.82. The summed E-state index contributed by atoms with van der Waals surface area (Å²) >= 11 is 0. The third-order valence-electron chi connectivity index (χ3n) is 2.77. The average Bonchev–Trinajstić information content (AvgIpc) is 2.30. The van der Waals surface area contributed by atoms with Gasteiger partial charge >= 0.3 is 0 Å². The second-order valence-corrected chi connectivity index (χ2v) is 3.76. The van der Waals surface area contributed by atoms with Crippen LogP contribution in [0.2, 0.25) is 0 Å². The van der Waals surface area contributed by atoms with Crippen LogP contribution < -0.4 is 0 Å². The maximum atomic E-state index is 11.9. The van der Waals surface area contributed by atoms with Gasteiger partial charge < -0.3 is 9.64 Å². The van der Waals surface area contributed by atoms with E-state index in [0.29, 0.717) is 19.8 Å². The molecule has 0 spiro atoms. The van der Waals surface area contributed by atoms with Crippen molar-refractivity contribution in [2.75, 3.05) is 32.8 Å². The molecular weight excluding hydrogens is 180 g/mol. The molecule has 0 aromatic rings. The Balaban J connectivity index is 1.89. The molecule has 0 aromatic carbocycles. The molecule has 0 radical (unpaired) electrons. The first-order valence-corrected chi connectivity index (χ1v) is 5.23. The van der Waals surface area contributed by atoms with Crippen molar-refractivity contribution in [1.82, 2.24) is 4.90 Å². The lowest BCUT2D eigenvalue weighted by Gasteiger charge is -2.30. The number of morpholine rings is 1. The number of carbonyl (C=O) groups is 1. The standard InChI is InChI=1S/C10H16N2O2/c13-10(9-2-1-3-11-8-9)12-4-6-14-7-5-12/h3,9H,1-2,4-8H2. The van der Waals surface area contributed by atoms with Gasteiger partial charge in [-0.3, -0.25) is 9.79 Å². The Morgan fingerprint density at radius 3 is 2.86 bits per heavy atom. The Morgan fingerprint density at radius 2 is 2.21 bits per heavy atom. The van der Waals surface area contributed by atoms with Crippen molar-refractivity contribution in [3.05, 3.63) is 0 Å². The molecule has 4 heteroatoms. The van der Waals surface area contributed by atoms with Crippen LogP contribution in [0.3, 0.4) is 0 Å². The summed E-state index contributed by atoms with van der Waals surface area (Å²) in [6, 6.07) is 0. The molecule has 1 saturated heterocycles. The van der Waals surface area contributed by atoms with Gasteiger partial charge in [0.2, 0.25) is 5.91 Å². The van der Waals surface area contributed by atoms with Crippen LogP contribution in [0.4, 0.5) is 0 Å². The first kappa shape index (κ1) is 9.65. The molecule has 0 saturated carbocycles. The first-order chi connectivity index (χ1) is 6.88. The summed E-state index contributed by atoms with van der Waals surface area (Å²) in [5.41, 5.74) is 0. The van der Waals surface area contributed by atoms with Gasteiger partial charge in [-0.15, -0.1) is 0 Å². The highest BCUT2D eigenvalue weighted by Gasteiger charge is 2.25. The van der Waals surface area contributed by atoms with Crippen LogP contribution in [0.1, 0.15) is 12.8 Å². The van der Waals surface area contributed by atoms with E-state index < -0.39 is 0 Å². The molecule has 0 bridgehead atoms. The molecule has 1 atom stereocenters. The lowest BCUT2D eigenvalue weighted by molar-refractivity contribution is -0.139. The van der Waals surface area contributed by atoms with Crippen LogP contribution >= 0.6 is 0 Å². The summed E-state index contributed by atoms with van der Waals surface area (Å²) < 4.78 is 5.21. The zero-order valence-electron chi connectivity index (χ0n) is 8.32. The topological polar surface area (TPSA) is 41.9 Å². The second kappa shape index (κ2) is 4.55. The van der Waals surface area contributed by atoms with Gasteiger partial charge in [-0.05, 0) is 19.1 Å². The summed E-state index contributed by atoms with van der Waals surface area (Å²) in [5, 5.41) is 0. The minimum atomic E-state index is 0.123. The van der Waals surface area contributed by atoms with Crippen molar-refractivity contribution in [2.24, 2.45) is 10.9 Å². The molecule has 2 heterocycles.